The summed E-state index contributed by atoms with van der Waals surface area (Å²) in [7, 11) is 0. The number of aryl methyl sites for hydroxylation is 1. The summed E-state index contributed by atoms with van der Waals surface area (Å²) >= 11 is 0. The second kappa shape index (κ2) is 8.41. The Hall–Kier alpha value is -2.97. The molecule has 0 fully saturated rings. The van der Waals surface area contributed by atoms with Crippen LogP contribution in [0.1, 0.15) is 58.2 Å². The molecule has 1 aliphatic heterocycles. The topological polar surface area (TPSA) is 131 Å². The molecule has 0 aliphatic carbocycles. The van der Waals surface area contributed by atoms with Gasteiger partial charge in [0.15, 0.2) is 11.5 Å². The third kappa shape index (κ3) is 4.60. The molecule has 30 heavy (non-hydrogen) atoms. The van der Waals surface area contributed by atoms with Crippen molar-refractivity contribution in [2.24, 2.45) is 0 Å². The van der Waals surface area contributed by atoms with Crippen molar-refractivity contribution in [2.45, 2.75) is 78.2 Å². The summed E-state index contributed by atoms with van der Waals surface area (Å²) in [5.74, 6) is -6.10. The highest BCUT2D eigenvalue weighted by Gasteiger charge is 2.58. The lowest BCUT2D eigenvalue weighted by molar-refractivity contribution is -0.194. The van der Waals surface area contributed by atoms with Crippen molar-refractivity contribution < 1.29 is 38.8 Å². The lowest BCUT2D eigenvalue weighted by atomic mass is 9.91. The van der Waals surface area contributed by atoms with Gasteiger partial charge in [-0.1, -0.05) is 13.8 Å². The average molecular weight is 423 g/mol. The molecule has 0 saturated carbocycles. The zero-order valence-corrected chi connectivity index (χ0v) is 18.1. The fraction of sp³-hybridized carbons (Fsp3) is 0.571. The van der Waals surface area contributed by atoms with Crippen LogP contribution in [0, 0.1) is 0 Å². The van der Waals surface area contributed by atoms with Crippen molar-refractivity contribution in [2.75, 3.05) is 0 Å². The van der Waals surface area contributed by atoms with E-state index in [0.717, 1.165) is 11.1 Å². The minimum absolute atomic E-state index is 0.0880. The standard InChI is InChI=1S/C21H29NO8/c1-7-12-10-15-16(29-21(28-15,17(23)24)18(25)26)13(8-2)14(12)9-11(3)22-19(27)30-20(4,5)6/h10-11H,7-9H2,1-6H3,(H,22,27)(H,23,24)(H,25,26). The van der Waals surface area contributed by atoms with E-state index in [1.165, 1.54) is 0 Å². The molecule has 0 radical (unpaired) electrons. The number of fused-ring (bicyclic) bond motifs is 1. The Balaban J connectivity index is 2.38. The number of ether oxygens (including phenoxy) is 3. The number of carbonyl (C=O) groups is 3. The molecule has 1 aromatic rings. The van der Waals surface area contributed by atoms with E-state index in [1.807, 2.05) is 20.8 Å². The van der Waals surface area contributed by atoms with Gasteiger partial charge >= 0.3 is 23.8 Å². The predicted molar refractivity (Wildman–Crippen MR) is 107 cm³/mol. The van der Waals surface area contributed by atoms with Crippen molar-refractivity contribution in [3.05, 3.63) is 22.8 Å². The fourth-order valence-electron chi connectivity index (χ4n) is 3.37. The second-order valence-electron chi connectivity index (χ2n) is 8.21. The molecule has 0 bridgehead atoms. The van der Waals surface area contributed by atoms with Crippen LogP contribution in [0.4, 0.5) is 4.79 Å². The molecule has 2 rings (SSSR count). The molecule has 0 spiro atoms. The van der Waals surface area contributed by atoms with E-state index < -0.39 is 29.4 Å². The van der Waals surface area contributed by atoms with Crippen LogP contribution in [0.2, 0.25) is 0 Å². The molecule has 1 atom stereocenters. The number of carboxylic acids is 2. The van der Waals surface area contributed by atoms with E-state index >= 15 is 0 Å². The maximum absolute atomic E-state index is 12.1. The second-order valence-corrected chi connectivity index (χ2v) is 8.21. The number of carboxylic acid groups (broad SMARTS) is 2. The Bertz CT molecular complexity index is 842. The number of rotatable bonds is 7. The molecule has 1 amide bonds. The van der Waals surface area contributed by atoms with Crippen molar-refractivity contribution >= 4 is 18.0 Å². The number of aliphatic carboxylic acids is 2. The molecule has 1 unspecified atom stereocenters. The molecule has 1 heterocycles. The SMILES string of the molecule is CCc1cc2c(c(CC)c1CC(C)NC(=O)OC(C)(C)C)OC(C(=O)O)(C(=O)O)O2. The Morgan fingerprint density at radius 2 is 1.70 bits per heavy atom. The number of carbonyl (C=O) groups excluding carboxylic acids is 1. The Morgan fingerprint density at radius 3 is 2.17 bits per heavy atom. The molecule has 0 aromatic heterocycles. The van der Waals surface area contributed by atoms with Gasteiger partial charge in [0.1, 0.15) is 5.60 Å². The Morgan fingerprint density at radius 1 is 1.10 bits per heavy atom. The average Bonchev–Trinajstić information content (AvgIpc) is 3.00. The number of hydrogen-bond acceptors (Lipinski definition) is 6. The number of hydrogen-bond donors (Lipinski definition) is 3. The lowest BCUT2D eigenvalue weighted by Crippen LogP contribution is -2.54. The van der Waals surface area contributed by atoms with Gasteiger partial charge in [0.05, 0.1) is 0 Å². The molecule has 1 aliphatic rings. The van der Waals surface area contributed by atoms with Gasteiger partial charge in [-0.15, -0.1) is 0 Å². The van der Waals surface area contributed by atoms with Crippen LogP contribution in [0.25, 0.3) is 0 Å². The minimum atomic E-state index is -2.81. The molecule has 0 saturated heterocycles. The van der Waals surface area contributed by atoms with Gasteiger partial charge in [0.25, 0.3) is 0 Å². The molecule has 3 N–H and O–H groups in total. The van der Waals surface area contributed by atoms with Crippen molar-refractivity contribution in [1.29, 1.82) is 0 Å². The smallest absolute Gasteiger partial charge is 0.453 e. The minimum Gasteiger partial charge on any atom is -0.475 e. The largest absolute Gasteiger partial charge is 0.475 e. The highest BCUT2D eigenvalue weighted by Crippen LogP contribution is 2.45. The predicted octanol–water partition coefficient (Wildman–Crippen LogP) is 2.90. The van der Waals surface area contributed by atoms with E-state index in [4.69, 9.17) is 14.2 Å². The zero-order valence-electron chi connectivity index (χ0n) is 18.1. The van der Waals surface area contributed by atoms with Crippen LogP contribution < -0.4 is 14.8 Å². The summed E-state index contributed by atoms with van der Waals surface area (Å²) in [5, 5.41) is 21.6. The molecule has 1 aromatic carbocycles. The van der Waals surface area contributed by atoms with E-state index in [0.29, 0.717) is 24.8 Å². The summed E-state index contributed by atoms with van der Waals surface area (Å²) < 4.78 is 15.9. The van der Waals surface area contributed by atoms with E-state index in [9.17, 15) is 24.6 Å². The summed E-state index contributed by atoms with van der Waals surface area (Å²) in [6.07, 6.45) is 0.951. The van der Waals surface area contributed by atoms with E-state index in [2.05, 4.69) is 5.32 Å². The normalized spacial score (nSPS) is 15.4. The van der Waals surface area contributed by atoms with E-state index in [-0.39, 0.29) is 17.5 Å². The molecule has 9 heteroatoms. The zero-order chi connectivity index (χ0) is 22.9. The quantitative estimate of drug-likeness (QED) is 0.571. The summed E-state index contributed by atoms with van der Waals surface area (Å²) in [4.78, 5) is 35.3. The highest BCUT2D eigenvalue weighted by molar-refractivity contribution is 6.01. The summed E-state index contributed by atoms with van der Waals surface area (Å²) in [6, 6.07) is 1.32. The summed E-state index contributed by atoms with van der Waals surface area (Å²) in [5.41, 5.74) is 1.76. The number of amides is 1. The van der Waals surface area contributed by atoms with Crippen LogP contribution in [-0.2, 0) is 33.6 Å². The highest BCUT2D eigenvalue weighted by atomic mass is 16.8. The third-order valence-corrected chi connectivity index (χ3v) is 4.63. The fourth-order valence-corrected chi connectivity index (χ4v) is 3.37. The molecular formula is C21H29NO8. The van der Waals surface area contributed by atoms with Gasteiger partial charge in [-0.3, -0.25) is 0 Å². The van der Waals surface area contributed by atoms with Gasteiger partial charge in [-0.25, -0.2) is 14.4 Å². The first-order chi connectivity index (χ1) is 13.8. The first kappa shape index (κ1) is 23.3. The van der Waals surface area contributed by atoms with Gasteiger partial charge < -0.3 is 29.7 Å². The summed E-state index contributed by atoms with van der Waals surface area (Å²) in [6.45, 7) is 10.9. The molecular weight excluding hydrogens is 394 g/mol. The van der Waals surface area contributed by atoms with Gasteiger partial charge in [-0.2, -0.15) is 0 Å². The number of benzene rings is 1. The monoisotopic (exact) mass is 423 g/mol. The first-order valence-electron chi connectivity index (χ1n) is 9.86. The van der Waals surface area contributed by atoms with Gasteiger partial charge in [0, 0.05) is 11.6 Å². The maximum Gasteiger partial charge on any atom is 0.453 e. The van der Waals surface area contributed by atoms with E-state index in [1.54, 1.807) is 26.8 Å². The van der Waals surface area contributed by atoms with Crippen LogP contribution in [-0.4, -0.2) is 45.7 Å². The number of alkyl carbamates (subject to hydrolysis) is 1. The van der Waals surface area contributed by atoms with Gasteiger partial charge in [-0.05, 0) is 64.2 Å². The van der Waals surface area contributed by atoms with Crippen LogP contribution in [0.5, 0.6) is 11.5 Å². The van der Waals surface area contributed by atoms with Crippen molar-refractivity contribution in [3.63, 3.8) is 0 Å². The van der Waals surface area contributed by atoms with Crippen LogP contribution >= 0.6 is 0 Å². The maximum atomic E-state index is 12.1. The molecule has 166 valence electrons. The Labute approximate surface area is 175 Å². The number of nitrogens with one attached hydrogen (secondary N) is 1. The molecule has 9 nitrogen and oxygen atoms in total. The lowest BCUT2D eigenvalue weighted by Gasteiger charge is -2.23. The van der Waals surface area contributed by atoms with Gasteiger partial charge in [0.2, 0.25) is 0 Å². The van der Waals surface area contributed by atoms with Crippen molar-refractivity contribution in [1.82, 2.24) is 5.32 Å². The van der Waals surface area contributed by atoms with Crippen LogP contribution in [0.15, 0.2) is 6.07 Å². The van der Waals surface area contributed by atoms with Crippen molar-refractivity contribution in [3.8, 4) is 11.5 Å². The Kier molecular flexibility index (Phi) is 6.54. The van der Waals surface area contributed by atoms with Crippen LogP contribution in [0.3, 0.4) is 0 Å². The first-order valence-corrected chi connectivity index (χ1v) is 9.86. The third-order valence-electron chi connectivity index (χ3n) is 4.63.